The zero-order chi connectivity index (χ0) is 10.9. The highest BCUT2D eigenvalue weighted by molar-refractivity contribution is 5.29. The first-order valence-corrected chi connectivity index (χ1v) is 4.37. The first-order chi connectivity index (χ1) is 7.07. The van der Waals surface area contributed by atoms with Crippen molar-refractivity contribution in [3.05, 3.63) is 35.4 Å². The van der Waals surface area contributed by atoms with E-state index in [0.717, 1.165) is 13.0 Å². The maximum Gasteiger partial charge on any atom is 0.0246 e. The number of fused-ring (bicyclic) bond motifs is 1. The molecule has 0 spiro atoms. The molecule has 1 aliphatic heterocycles. The summed E-state index contributed by atoms with van der Waals surface area (Å²) in [6, 6.07) is 7.69. The Balaban J connectivity index is 2.25. The van der Waals surface area contributed by atoms with Gasteiger partial charge in [-0.05, 0) is 37.4 Å². The third-order valence-corrected chi connectivity index (χ3v) is 2.33. The zero-order valence-electron chi connectivity index (χ0n) is 10.0. The van der Waals surface area contributed by atoms with E-state index >= 15 is 0 Å². The minimum atomic E-state index is -1.91. The van der Waals surface area contributed by atoms with Gasteiger partial charge in [0.25, 0.3) is 0 Å². The molecule has 0 bridgehead atoms. The highest BCUT2D eigenvalue weighted by Crippen LogP contribution is 2.14. The third kappa shape index (κ3) is 1.51. The highest BCUT2D eigenvalue weighted by Gasteiger charge is 2.10. The first kappa shape index (κ1) is 5.03. The first-order valence-electron chi connectivity index (χ1n) is 5.87. The van der Waals surface area contributed by atoms with E-state index in [-0.39, 0.29) is 0 Å². The number of hydrogen-bond donors (Lipinski definition) is 1. The van der Waals surface area contributed by atoms with Crippen molar-refractivity contribution >= 4 is 0 Å². The van der Waals surface area contributed by atoms with E-state index in [2.05, 4.69) is 11.4 Å². The van der Waals surface area contributed by atoms with Gasteiger partial charge >= 0.3 is 0 Å². The van der Waals surface area contributed by atoms with E-state index in [9.17, 15) is 0 Å². The summed E-state index contributed by atoms with van der Waals surface area (Å²) >= 11 is 0. The monoisotopic (exact) mass is 164 g/mol. The van der Waals surface area contributed by atoms with Crippen molar-refractivity contribution < 1.29 is 4.11 Å². The quantitative estimate of drug-likeness (QED) is 0.616. The van der Waals surface area contributed by atoms with Gasteiger partial charge in [0, 0.05) is 10.2 Å². The van der Waals surface area contributed by atoms with Gasteiger partial charge in [0.2, 0.25) is 0 Å². The van der Waals surface area contributed by atoms with Crippen molar-refractivity contribution in [3.63, 3.8) is 0 Å². The second-order valence-corrected chi connectivity index (χ2v) is 3.23. The topological polar surface area (TPSA) is 12.0 Å². The zero-order valence-corrected chi connectivity index (χ0v) is 7.01. The van der Waals surface area contributed by atoms with Crippen molar-refractivity contribution in [2.45, 2.75) is 25.7 Å². The Bertz CT molecular complexity index is 346. The van der Waals surface area contributed by atoms with Gasteiger partial charge in [-0.25, -0.2) is 0 Å². The van der Waals surface area contributed by atoms with Gasteiger partial charge in [-0.15, -0.1) is 0 Å². The van der Waals surface area contributed by atoms with Crippen molar-refractivity contribution in [3.8, 4) is 0 Å². The summed E-state index contributed by atoms with van der Waals surface area (Å²) in [6.45, 7) is -1.16. The van der Waals surface area contributed by atoms with Crippen molar-refractivity contribution in [1.29, 1.82) is 0 Å². The van der Waals surface area contributed by atoms with Crippen LogP contribution in [0.15, 0.2) is 24.3 Å². The summed E-state index contributed by atoms with van der Waals surface area (Å²) in [5.74, 6) is 0. The molecule has 64 valence electrons. The van der Waals surface area contributed by atoms with E-state index in [1.165, 1.54) is 11.1 Å². The highest BCUT2D eigenvalue weighted by atomic mass is 14.9. The van der Waals surface area contributed by atoms with Crippen LogP contribution in [0.4, 0.5) is 0 Å². The smallest absolute Gasteiger partial charge is 0.0246 e. The second-order valence-electron chi connectivity index (χ2n) is 3.23. The Morgan fingerprint density at radius 2 is 2.25 bits per heavy atom. The molecular formula is C11H15N. The number of rotatable bonds is 0. The predicted molar refractivity (Wildman–Crippen MR) is 51.3 cm³/mol. The van der Waals surface area contributed by atoms with E-state index in [0.29, 0.717) is 6.42 Å². The summed E-state index contributed by atoms with van der Waals surface area (Å²) < 4.78 is 22.3. The van der Waals surface area contributed by atoms with Gasteiger partial charge in [-0.3, -0.25) is 0 Å². The van der Waals surface area contributed by atoms with E-state index in [1.54, 1.807) is 0 Å². The van der Waals surface area contributed by atoms with Crippen LogP contribution in [0.25, 0.3) is 0 Å². The number of nitrogens with one attached hydrogen (secondary N) is 1. The van der Waals surface area contributed by atoms with E-state index in [4.69, 9.17) is 4.11 Å². The van der Waals surface area contributed by atoms with Gasteiger partial charge in [0.1, 0.15) is 0 Å². The van der Waals surface area contributed by atoms with Gasteiger partial charge in [-0.2, -0.15) is 0 Å². The largest absolute Gasteiger partial charge is 0.314 e. The molecule has 0 radical (unpaired) electrons. The van der Waals surface area contributed by atoms with Crippen LogP contribution in [-0.2, 0) is 12.8 Å². The van der Waals surface area contributed by atoms with Crippen LogP contribution in [0.1, 0.15) is 22.1 Å². The summed E-state index contributed by atoms with van der Waals surface area (Å²) in [5.41, 5.74) is 2.44. The van der Waals surface area contributed by atoms with Crippen LogP contribution in [0.2, 0.25) is 0 Å². The molecule has 1 heteroatoms. The average molecular weight is 164 g/mol. The van der Waals surface area contributed by atoms with E-state index in [1.807, 2.05) is 18.2 Å². The molecule has 0 amide bonds. The van der Waals surface area contributed by atoms with Gasteiger partial charge in [-0.1, -0.05) is 24.3 Å². The van der Waals surface area contributed by atoms with Crippen LogP contribution >= 0.6 is 0 Å². The standard InChI is InChI=1S/C11H15N/c1-9-8-11-5-3-2-4-10(11)6-7-12-9/h2-5,9,12H,6-8H2,1H3/t9-/m0/s1/i1D3. The Labute approximate surface area is 78.0 Å². The van der Waals surface area contributed by atoms with E-state index < -0.39 is 12.9 Å². The molecule has 1 atom stereocenters. The molecule has 2 rings (SSSR count). The molecule has 1 nitrogen and oxygen atoms in total. The van der Waals surface area contributed by atoms with Crippen molar-refractivity contribution in [2.75, 3.05) is 6.54 Å². The molecule has 0 saturated carbocycles. The summed E-state index contributed by atoms with van der Waals surface area (Å²) in [6.07, 6.45) is 1.52. The Morgan fingerprint density at radius 3 is 3.08 bits per heavy atom. The Hall–Kier alpha value is -0.820. The molecule has 1 heterocycles. The minimum Gasteiger partial charge on any atom is -0.314 e. The van der Waals surface area contributed by atoms with Gasteiger partial charge in [0.15, 0.2) is 0 Å². The van der Waals surface area contributed by atoms with Crippen LogP contribution < -0.4 is 5.32 Å². The Morgan fingerprint density at radius 1 is 1.42 bits per heavy atom. The summed E-state index contributed by atoms with van der Waals surface area (Å²) in [5, 5.41) is 3.11. The molecule has 1 aliphatic rings. The molecule has 1 aromatic carbocycles. The van der Waals surface area contributed by atoms with Crippen molar-refractivity contribution in [2.24, 2.45) is 0 Å². The molecule has 0 aromatic heterocycles. The number of benzene rings is 1. The second kappa shape index (κ2) is 3.28. The molecule has 0 saturated heterocycles. The number of hydrogen-bond acceptors (Lipinski definition) is 1. The average Bonchev–Trinajstić information content (AvgIpc) is 2.38. The molecule has 0 unspecified atom stereocenters. The SMILES string of the molecule is [2H]C([2H])([2H])[C@H]1Cc2ccccc2CCN1. The third-order valence-electron chi connectivity index (χ3n) is 2.33. The summed E-state index contributed by atoms with van der Waals surface area (Å²) in [4.78, 5) is 0. The van der Waals surface area contributed by atoms with Crippen LogP contribution in [0, 0.1) is 0 Å². The molecule has 1 N–H and O–H groups in total. The van der Waals surface area contributed by atoms with Crippen LogP contribution in [-0.4, -0.2) is 12.6 Å². The fraction of sp³-hybridized carbons (Fsp3) is 0.455. The molecule has 0 fully saturated rings. The maximum atomic E-state index is 7.44. The molecule has 1 aromatic rings. The van der Waals surface area contributed by atoms with Gasteiger partial charge < -0.3 is 5.32 Å². The van der Waals surface area contributed by atoms with Crippen LogP contribution in [0.5, 0.6) is 0 Å². The lowest BCUT2D eigenvalue weighted by atomic mass is 10.0. The molecule has 12 heavy (non-hydrogen) atoms. The van der Waals surface area contributed by atoms with Gasteiger partial charge in [0.05, 0.1) is 0 Å². The lowest BCUT2D eigenvalue weighted by Crippen LogP contribution is -2.27. The fourth-order valence-corrected chi connectivity index (χ4v) is 1.67. The molecule has 0 aliphatic carbocycles. The molecular weight excluding hydrogens is 146 g/mol. The predicted octanol–water partition coefficient (Wildman–Crippen LogP) is 1.76. The summed E-state index contributed by atoms with van der Waals surface area (Å²) in [7, 11) is 0. The van der Waals surface area contributed by atoms with Crippen LogP contribution in [0.3, 0.4) is 0 Å². The normalized spacial score (nSPS) is 27.7. The lowest BCUT2D eigenvalue weighted by molar-refractivity contribution is 0.568. The fourth-order valence-electron chi connectivity index (χ4n) is 1.67. The minimum absolute atomic E-state index is 0.402. The maximum absolute atomic E-state index is 7.44. The van der Waals surface area contributed by atoms with Crippen molar-refractivity contribution in [1.82, 2.24) is 5.32 Å². The Kier molecular flexibility index (Phi) is 1.37. The lowest BCUT2D eigenvalue weighted by Gasteiger charge is -2.08.